The van der Waals surface area contributed by atoms with Gasteiger partial charge in [0.15, 0.2) is 0 Å². The van der Waals surface area contributed by atoms with E-state index < -0.39 is 15.2 Å². The van der Waals surface area contributed by atoms with E-state index in [4.69, 9.17) is 10.6 Å². The van der Waals surface area contributed by atoms with Gasteiger partial charge in [0.05, 0.1) is 17.6 Å². The van der Waals surface area contributed by atoms with E-state index in [-0.39, 0.29) is 34.1 Å². The number of rotatable bonds is 15. The van der Waals surface area contributed by atoms with Crippen molar-refractivity contribution in [3.63, 3.8) is 0 Å². The molecule has 0 aliphatic heterocycles. The molecule has 0 saturated carbocycles. The van der Waals surface area contributed by atoms with Gasteiger partial charge in [0.25, 0.3) is 0 Å². The van der Waals surface area contributed by atoms with Crippen molar-refractivity contribution in [3.05, 3.63) is 132 Å². The van der Waals surface area contributed by atoms with Crippen LogP contribution in [0, 0.1) is 37.0 Å². The standard InChI is InChI=1S/C23H34NP.C21H28NP.2Cu/c1-7-20-12-8-9-13-21(20)24-22-14-10-11-15-23(22)25(6,16-18(2)3)17-19(4)5;1-16(2)14-23(15-17(3)4)21-13-9-8-12-20(21)22-19-11-7-6-10-18(19)5;;/h7-15,18-19,25H,16-17H2,1-6H3;6-13,16-17H,5,14-15H2,1-4H3;;/q2*-2;;+2/p+1. The molecule has 0 saturated heterocycles. The van der Waals surface area contributed by atoms with Gasteiger partial charge in [-0.05, 0) is 17.9 Å². The average molecular weight is 809 g/mol. The second kappa shape index (κ2) is 22.9. The van der Waals surface area contributed by atoms with Gasteiger partial charge in [-0.3, -0.25) is 5.69 Å². The number of nitrogens with zero attached hydrogens (tertiary/aromatic N) is 2. The zero-order valence-corrected chi connectivity index (χ0v) is 36.0. The smallest absolute Gasteiger partial charge is 0.712 e. The summed E-state index contributed by atoms with van der Waals surface area (Å²) in [7, 11) is -2.18. The number of para-hydroxylation sites is 4. The predicted molar refractivity (Wildman–Crippen MR) is 225 cm³/mol. The maximum Gasteiger partial charge on any atom is 2.00 e. The zero-order chi connectivity index (χ0) is 35.3. The van der Waals surface area contributed by atoms with Crippen LogP contribution in [0.3, 0.4) is 0 Å². The molecular weight excluding hydrogens is 746 g/mol. The molecule has 0 aliphatic rings. The van der Waals surface area contributed by atoms with Crippen LogP contribution in [-0.2, 0) is 34.1 Å². The van der Waals surface area contributed by atoms with Gasteiger partial charge in [-0.2, -0.15) is 6.07 Å². The molecule has 2 radical (unpaired) electrons. The average Bonchev–Trinajstić information content (AvgIpc) is 3.02. The summed E-state index contributed by atoms with van der Waals surface area (Å²) in [5.74, 6) is 2.91. The second-order valence-corrected chi connectivity index (χ2v) is 22.3. The summed E-state index contributed by atoms with van der Waals surface area (Å²) < 4.78 is 0. The van der Waals surface area contributed by atoms with Crippen molar-refractivity contribution in [2.24, 2.45) is 23.7 Å². The van der Waals surface area contributed by atoms with Gasteiger partial charge in [0, 0.05) is 25.0 Å². The first-order chi connectivity index (χ1) is 22.8. The number of hydrogen-bond acceptors (Lipinski definition) is 0. The quantitative estimate of drug-likeness (QED) is 0.0650. The summed E-state index contributed by atoms with van der Waals surface area (Å²) in [4.78, 5) is 0. The summed E-state index contributed by atoms with van der Waals surface area (Å²) in [6.07, 6.45) is 7.39. The molecule has 282 valence electrons. The molecule has 0 spiro atoms. The van der Waals surface area contributed by atoms with Gasteiger partial charge in [-0.15, -0.1) is 17.8 Å². The Labute approximate surface area is 330 Å². The van der Waals surface area contributed by atoms with Crippen LogP contribution in [0.5, 0.6) is 0 Å². The predicted octanol–water partition coefficient (Wildman–Crippen LogP) is 13.3. The van der Waals surface area contributed by atoms with Crippen molar-refractivity contribution in [2.75, 3.05) is 31.3 Å². The maximum absolute atomic E-state index is 5.10. The molecule has 0 atom stereocenters. The molecule has 4 aromatic rings. The number of benzene rings is 4. The van der Waals surface area contributed by atoms with Gasteiger partial charge in [-0.1, -0.05) is 52.0 Å². The fourth-order valence-electron chi connectivity index (χ4n) is 7.06. The van der Waals surface area contributed by atoms with Crippen molar-refractivity contribution in [1.82, 2.24) is 0 Å². The minimum atomic E-state index is -1.58. The van der Waals surface area contributed by atoms with Crippen LogP contribution in [0.25, 0.3) is 10.6 Å². The SMILES string of the molecule is C[CH-]c1ccccc1[N-]c1ccccc1[PH](C)(CC(C)C)CC(C)C.[CH2-]c1ccccc1[N-]c1ccccc1[PH+](CC(C)C)CC(C)C.[Cu+2].[Cu]. The van der Waals surface area contributed by atoms with Crippen molar-refractivity contribution >= 4 is 48.5 Å². The molecule has 2 nitrogen and oxygen atoms in total. The molecule has 0 amide bonds. The van der Waals surface area contributed by atoms with Crippen molar-refractivity contribution in [1.29, 1.82) is 0 Å². The summed E-state index contributed by atoms with van der Waals surface area (Å²) in [6.45, 7) is 27.5. The van der Waals surface area contributed by atoms with Crippen LogP contribution in [0.2, 0.25) is 0 Å². The molecular formula is C44H63Cu2N2P2-. The number of hydrogen-bond donors (Lipinski definition) is 0. The van der Waals surface area contributed by atoms with Crippen LogP contribution >= 0.6 is 15.2 Å². The third-order valence-electron chi connectivity index (χ3n) is 8.59. The van der Waals surface area contributed by atoms with Crippen LogP contribution < -0.4 is 10.6 Å². The molecule has 0 N–H and O–H groups in total. The van der Waals surface area contributed by atoms with Gasteiger partial charge in [0.2, 0.25) is 0 Å². The normalized spacial score (nSPS) is 11.5. The van der Waals surface area contributed by atoms with E-state index in [1.807, 2.05) is 18.2 Å². The Morgan fingerprint density at radius 3 is 1.56 bits per heavy atom. The van der Waals surface area contributed by atoms with E-state index in [0.29, 0.717) is 0 Å². The Hall–Kier alpha value is -1.88. The summed E-state index contributed by atoms with van der Waals surface area (Å²) in [5.41, 5.74) is 6.56. The fraction of sp³-hybridized carbons (Fsp3) is 0.409. The third kappa shape index (κ3) is 14.6. The molecule has 4 rings (SSSR count). The van der Waals surface area contributed by atoms with Crippen molar-refractivity contribution < 1.29 is 34.1 Å². The monoisotopic (exact) mass is 807 g/mol. The summed E-state index contributed by atoms with van der Waals surface area (Å²) in [6, 6.07) is 34.1. The molecule has 0 bridgehead atoms. The zero-order valence-electron chi connectivity index (χ0n) is 32.2. The van der Waals surface area contributed by atoms with E-state index in [2.05, 4.69) is 161 Å². The topological polar surface area (TPSA) is 28.2 Å². The molecule has 4 aromatic carbocycles. The molecule has 0 aliphatic carbocycles. The van der Waals surface area contributed by atoms with Crippen molar-refractivity contribution in [2.45, 2.75) is 62.3 Å². The van der Waals surface area contributed by atoms with Gasteiger partial charge in [0.1, 0.15) is 0 Å². The first kappa shape index (κ1) is 46.1. The first-order valence-corrected chi connectivity index (χ1v) is 22.9. The van der Waals surface area contributed by atoms with Gasteiger partial charge >= 0.3 is 172 Å². The van der Waals surface area contributed by atoms with E-state index in [1.165, 1.54) is 46.5 Å². The second-order valence-electron chi connectivity index (χ2n) is 15.3. The Morgan fingerprint density at radius 1 is 0.600 bits per heavy atom. The van der Waals surface area contributed by atoms with Crippen molar-refractivity contribution in [3.8, 4) is 0 Å². The fourth-order valence-corrected chi connectivity index (χ4v) is 15.9. The summed E-state index contributed by atoms with van der Waals surface area (Å²) >= 11 is 0. The Balaban J connectivity index is 0.000000482. The molecule has 0 aromatic heterocycles. The van der Waals surface area contributed by atoms with E-state index in [1.54, 1.807) is 0 Å². The molecule has 0 fully saturated rings. The Kier molecular flexibility index (Phi) is 21.2. The molecule has 6 heteroatoms. The molecule has 50 heavy (non-hydrogen) atoms. The Bertz CT molecular complexity index is 1520. The third-order valence-corrected chi connectivity index (χ3v) is 17.5. The molecule has 0 unspecified atom stereocenters. The van der Waals surface area contributed by atoms with Gasteiger partial charge < -0.3 is 5.32 Å². The Morgan fingerprint density at radius 2 is 1.04 bits per heavy atom. The van der Waals surface area contributed by atoms with Crippen LogP contribution in [0.15, 0.2) is 97.1 Å². The van der Waals surface area contributed by atoms with E-state index in [9.17, 15) is 0 Å². The van der Waals surface area contributed by atoms with E-state index >= 15 is 0 Å². The van der Waals surface area contributed by atoms with E-state index in [0.717, 1.165) is 46.3 Å². The summed E-state index contributed by atoms with van der Waals surface area (Å²) in [5, 5.41) is 13.0. The van der Waals surface area contributed by atoms with Crippen LogP contribution in [0.1, 0.15) is 73.4 Å². The largest absolute Gasteiger partial charge is 2.00 e. The minimum Gasteiger partial charge on any atom is -0.712 e. The van der Waals surface area contributed by atoms with Crippen LogP contribution in [-0.4, -0.2) is 31.3 Å². The first-order valence-electron chi connectivity index (χ1n) is 18.1. The molecule has 0 heterocycles. The maximum atomic E-state index is 5.10. The van der Waals surface area contributed by atoms with Crippen LogP contribution in [0.4, 0.5) is 22.7 Å². The minimum absolute atomic E-state index is 0. The van der Waals surface area contributed by atoms with Gasteiger partial charge in [-0.25, -0.2) is 12.5 Å².